The Balaban J connectivity index is 2.44. The van der Waals surface area contributed by atoms with E-state index in [-0.39, 0.29) is 5.56 Å². The normalized spacial score (nSPS) is 12.5. The third-order valence-corrected chi connectivity index (χ3v) is 3.21. The third kappa shape index (κ3) is 2.65. The average Bonchev–Trinajstić information content (AvgIpc) is 2.29. The monoisotopic (exact) mass is 315 g/mol. The highest BCUT2D eigenvalue weighted by Gasteiger charge is 2.18. The first-order chi connectivity index (χ1) is 8.09. The van der Waals surface area contributed by atoms with Gasteiger partial charge in [-0.2, -0.15) is 0 Å². The largest absolute Gasteiger partial charge is 0.382 e. The Morgan fingerprint density at radius 3 is 2.76 bits per heavy atom. The van der Waals surface area contributed by atoms with Gasteiger partial charge < -0.3 is 5.11 Å². The Bertz CT molecular complexity index is 550. The van der Waals surface area contributed by atoms with Gasteiger partial charge in [-0.25, -0.2) is 4.39 Å². The zero-order valence-corrected chi connectivity index (χ0v) is 10.9. The van der Waals surface area contributed by atoms with Crippen molar-refractivity contribution in [2.45, 2.75) is 6.10 Å². The minimum Gasteiger partial charge on any atom is -0.382 e. The Labute approximate surface area is 111 Å². The van der Waals surface area contributed by atoms with E-state index in [9.17, 15) is 9.50 Å². The van der Waals surface area contributed by atoms with Crippen LogP contribution >= 0.6 is 27.5 Å². The number of pyridine rings is 1. The van der Waals surface area contributed by atoms with Gasteiger partial charge in [0.2, 0.25) is 0 Å². The molecule has 0 saturated carbocycles. The summed E-state index contributed by atoms with van der Waals surface area (Å²) in [5.41, 5.74) is 0.516. The Hall–Kier alpha value is -0.970. The number of hydrogen-bond acceptors (Lipinski definition) is 2. The summed E-state index contributed by atoms with van der Waals surface area (Å²) in [4.78, 5) is 4.02. The first kappa shape index (κ1) is 12.5. The molecule has 0 saturated heterocycles. The summed E-state index contributed by atoms with van der Waals surface area (Å²) in [5, 5.41) is 10.4. The Morgan fingerprint density at radius 2 is 2.12 bits per heavy atom. The quantitative estimate of drug-likeness (QED) is 0.916. The smallest absolute Gasteiger partial charge is 0.130 e. The molecule has 2 rings (SSSR count). The van der Waals surface area contributed by atoms with Gasteiger partial charge in [-0.05, 0) is 40.2 Å². The second-order valence-corrected chi connectivity index (χ2v) is 4.73. The van der Waals surface area contributed by atoms with Crippen molar-refractivity contribution < 1.29 is 9.50 Å². The molecule has 2 aromatic rings. The van der Waals surface area contributed by atoms with Gasteiger partial charge in [-0.1, -0.05) is 17.7 Å². The summed E-state index contributed by atoms with van der Waals surface area (Å²) >= 11 is 8.91. The molecule has 1 N–H and O–H groups in total. The standard InChI is InChI=1S/C12H8BrClFNO/c13-9-2-1-5-16-11(9)12(17)8-4-3-7(14)6-10(8)15/h1-6,12,17H. The van der Waals surface area contributed by atoms with Crippen LogP contribution in [0.1, 0.15) is 17.4 Å². The van der Waals surface area contributed by atoms with Crippen molar-refractivity contribution in [2.75, 3.05) is 0 Å². The first-order valence-corrected chi connectivity index (χ1v) is 6.00. The van der Waals surface area contributed by atoms with Crippen LogP contribution in [0.25, 0.3) is 0 Å². The molecule has 1 atom stereocenters. The van der Waals surface area contributed by atoms with Gasteiger partial charge in [0.05, 0.1) is 5.69 Å². The Morgan fingerprint density at radius 1 is 1.35 bits per heavy atom. The van der Waals surface area contributed by atoms with E-state index in [1.54, 1.807) is 12.1 Å². The summed E-state index contributed by atoms with van der Waals surface area (Å²) in [6, 6.07) is 7.60. The fourth-order valence-electron chi connectivity index (χ4n) is 1.47. The maximum Gasteiger partial charge on any atom is 0.130 e. The molecule has 1 aromatic carbocycles. The number of aromatic nitrogens is 1. The summed E-state index contributed by atoms with van der Waals surface area (Å²) < 4.78 is 14.3. The molecule has 0 aliphatic rings. The second-order valence-electron chi connectivity index (χ2n) is 3.44. The zero-order valence-electron chi connectivity index (χ0n) is 8.57. The minimum absolute atomic E-state index is 0.147. The van der Waals surface area contributed by atoms with Crippen LogP contribution in [0.15, 0.2) is 41.0 Å². The van der Waals surface area contributed by atoms with Gasteiger partial charge >= 0.3 is 0 Å². The van der Waals surface area contributed by atoms with Crippen LogP contribution in [0.4, 0.5) is 4.39 Å². The van der Waals surface area contributed by atoms with Gasteiger partial charge in [0, 0.05) is 21.3 Å². The maximum absolute atomic E-state index is 13.6. The van der Waals surface area contributed by atoms with E-state index in [1.807, 2.05) is 0 Å². The van der Waals surface area contributed by atoms with Crippen LogP contribution in [-0.4, -0.2) is 10.1 Å². The van der Waals surface area contributed by atoms with E-state index in [0.29, 0.717) is 15.2 Å². The zero-order chi connectivity index (χ0) is 12.4. The van der Waals surface area contributed by atoms with Crippen molar-refractivity contribution in [3.8, 4) is 0 Å². The molecule has 5 heteroatoms. The van der Waals surface area contributed by atoms with Crippen LogP contribution in [0, 0.1) is 5.82 Å². The SMILES string of the molecule is OC(c1ccc(Cl)cc1F)c1ncccc1Br. The molecular formula is C12H8BrClFNO. The van der Waals surface area contributed by atoms with Crippen LogP contribution in [-0.2, 0) is 0 Å². The fourth-order valence-corrected chi connectivity index (χ4v) is 2.10. The van der Waals surface area contributed by atoms with Crippen molar-refractivity contribution in [3.05, 3.63) is 63.1 Å². The molecule has 1 heterocycles. The maximum atomic E-state index is 13.6. The van der Waals surface area contributed by atoms with E-state index in [1.165, 1.54) is 18.3 Å². The number of halogens is 3. The molecule has 17 heavy (non-hydrogen) atoms. The predicted octanol–water partition coefficient (Wildman–Crippen LogP) is 3.72. The molecule has 0 fully saturated rings. The van der Waals surface area contributed by atoms with Gasteiger partial charge in [0.1, 0.15) is 11.9 Å². The van der Waals surface area contributed by atoms with Gasteiger partial charge in [-0.15, -0.1) is 0 Å². The van der Waals surface area contributed by atoms with Crippen molar-refractivity contribution in [1.82, 2.24) is 4.98 Å². The molecule has 0 aliphatic carbocycles. The topological polar surface area (TPSA) is 33.1 Å². The Kier molecular flexibility index (Phi) is 3.76. The number of nitrogens with zero attached hydrogens (tertiary/aromatic N) is 1. The van der Waals surface area contributed by atoms with Crippen LogP contribution in [0.2, 0.25) is 5.02 Å². The lowest BCUT2D eigenvalue weighted by atomic mass is 10.1. The van der Waals surface area contributed by atoms with E-state index in [4.69, 9.17) is 11.6 Å². The second kappa shape index (κ2) is 5.12. The molecule has 88 valence electrons. The molecule has 1 aromatic heterocycles. The van der Waals surface area contributed by atoms with E-state index >= 15 is 0 Å². The van der Waals surface area contributed by atoms with Crippen LogP contribution < -0.4 is 0 Å². The molecule has 0 aliphatic heterocycles. The fraction of sp³-hybridized carbons (Fsp3) is 0.0833. The molecule has 0 bridgehead atoms. The summed E-state index contributed by atoms with van der Waals surface area (Å²) in [7, 11) is 0. The molecule has 0 spiro atoms. The number of hydrogen-bond donors (Lipinski definition) is 1. The van der Waals surface area contributed by atoms with Crippen molar-refractivity contribution in [3.63, 3.8) is 0 Å². The van der Waals surface area contributed by atoms with Gasteiger partial charge in [0.25, 0.3) is 0 Å². The van der Waals surface area contributed by atoms with E-state index < -0.39 is 11.9 Å². The number of aliphatic hydroxyl groups excluding tert-OH is 1. The van der Waals surface area contributed by atoms with Crippen LogP contribution in [0.5, 0.6) is 0 Å². The van der Waals surface area contributed by atoms with E-state index in [2.05, 4.69) is 20.9 Å². The lowest BCUT2D eigenvalue weighted by molar-refractivity contribution is 0.209. The van der Waals surface area contributed by atoms with Gasteiger partial charge in [0.15, 0.2) is 0 Å². The molecular weight excluding hydrogens is 308 g/mol. The average molecular weight is 317 g/mol. The number of rotatable bonds is 2. The molecule has 1 unspecified atom stereocenters. The highest BCUT2D eigenvalue weighted by molar-refractivity contribution is 9.10. The van der Waals surface area contributed by atoms with Crippen molar-refractivity contribution in [1.29, 1.82) is 0 Å². The van der Waals surface area contributed by atoms with E-state index in [0.717, 1.165) is 6.07 Å². The summed E-state index contributed by atoms with van der Waals surface area (Å²) in [5.74, 6) is -0.553. The lowest BCUT2D eigenvalue weighted by Gasteiger charge is -2.12. The molecule has 2 nitrogen and oxygen atoms in total. The summed E-state index contributed by atoms with van der Waals surface area (Å²) in [6.07, 6.45) is 0.416. The first-order valence-electron chi connectivity index (χ1n) is 4.83. The molecule has 0 amide bonds. The highest BCUT2D eigenvalue weighted by atomic mass is 79.9. The van der Waals surface area contributed by atoms with Crippen molar-refractivity contribution >= 4 is 27.5 Å². The summed E-state index contributed by atoms with van der Waals surface area (Å²) in [6.45, 7) is 0. The lowest BCUT2D eigenvalue weighted by Crippen LogP contribution is -2.05. The van der Waals surface area contributed by atoms with Crippen molar-refractivity contribution in [2.24, 2.45) is 0 Å². The predicted molar refractivity (Wildman–Crippen MR) is 67.4 cm³/mol. The number of benzene rings is 1. The third-order valence-electron chi connectivity index (χ3n) is 2.30. The molecule has 0 radical (unpaired) electrons. The minimum atomic E-state index is -1.12. The van der Waals surface area contributed by atoms with Crippen LogP contribution in [0.3, 0.4) is 0 Å². The highest BCUT2D eigenvalue weighted by Crippen LogP contribution is 2.29. The van der Waals surface area contributed by atoms with Gasteiger partial charge in [-0.3, -0.25) is 4.98 Å². The number of aliphatic hydroxyl groups is 1.